The number of alkyl halides is 3. The summed E-state index contributed by atoms with van der Waals surface area (Å²) in [5.74, 6) is 0. The number of rotatable bonds is 3. The van der Waals surface area contributed by atoms with Crippen LogP contribution in [0.3, 0.4) is 0 Å². The molecule has 2 nitrogen and oxygen atoms in total. The monoisotopic (exact) mass is 315 g/mol. The Morgan fingerprint density at radius 3 is 2.41 bits per heavy atom. The molecule has 1 saturated carbocycles. The molecule has 22 heavy (non-hydrogen) atoms. The van der Waals surface area contributed by atoms with Crippen molar-refractivity contribution in [3.63, 3.8) is 0 Å². The van der Waals surface area contributed by atoms with Crippen LogP contribution in [0.2, 0.25) is 0 Å². The van der Waals surface area contributed by atoms with Gasteiger partial charge in [-0.1, -0.05) is 32.9 Å². The maximum Gasteiger partial charge on any atom is 0.418 e. The third-order valence-electron chi connectivity index (χ3n) is 4.36. The SMILES string of the molecule is CC1(C)CC(O)CC(C)(CNc2ccccc2C(F)(F)F)C1. The molecule has 0 radical (unpaired) electrons. The van der Waals surface area contributed by atoms with Crippen molar-refractivity contribution in [3.8, 4) is 0 Å². The fourth-order valence-corrected chi connectivity index (χ4v) is 3.91. The van der Waals surface area contributed by atoms with E-state index in [2.05, 4.69) is 19.2 Å². The fraction of sp³-hybridized carbons (Fsp3) is 0.647. The van der Waals surface area contributed by atoms with Crippen LogP contribution >= 0.6 is 0 Å². The Hall–Kier alpha value is -1.23. The Bertz CT molecular complexity index is 527. The van der Waals surface area contributed by atoms with Crippen molar-refractivity contribution in [3.05, 3.63) is 29.8 Å². The van der Waals surface area contributed by atoms with Crippen molar-refractivity contribution in [2.45, 2.75) is 52.3 Å². The standard InChI is InChI=1S/C17H24F3NO/c1-15(2)8-12(22)9-16(3,10-15)11-21-14-7-5-4-6-13(14)17(18,19)20/h4-7,12,21-22H,8-11H2,1-3H3. The molecule has 1 aliphatic carbocycles. The number of anilines is 1. The Kier molecular flexibility index (Phi) is 4.49. The van der Waals surface area contributed by atoms with Gasteiger partial charge in [0.1, 0.15) is 0 Å². The molecule has 0 aliphatic heterocycles. The molecular weight excluding hydrogens is 291 g/mol. The second kappa shape index (κ2) is 5.76. The van der Waals surface area contributed by atoms with Crippen molar-refractivity contribution < 1.29 is 18.3 Å². The van der Waals surface area contributed by atoms with Gasteiger partial charge in [0.2, 0.25) is 0 Å². The molecule has 0 spiro atoms. The van der Waals surface area contributed by atoms with Crippen molar-refractivity contribution in [2.75, 3.05) is 11.9 Å². The van der Waals surface area contributed by atoms with Gasteiger partial charge in [-0.25, -0.2) is 0 Å². The summed E-state index contributed by atoms with van der Waals surface area (Å²) < 4.78 is 39.0. The highest BCUT2D eigenvalue weighted by molar-refractivity contribution is 5.52. The Morgan fingerprint density at radius 1 is 1.18 bits per heavy atom. The highest BCUT2D eigenvalue weighted by atomic mass is 19.4. The van der Waals surface area contributed by atoms with E-state index in [0.29, 0.717) is 13.0 Å². The number of hydrogen-bond donors (Lipinski definition) is 2. The van der Waals surface area contributed by atoms with Gasteiger partial charge in [-0.3, -0.25) is 0 Å². The molecule has 1 aromatic carbocycles. The quantitative estimate of drug-likeness (QED) is 0.848. The summed E-state index contributed by atoms with van der Waals surface area (Å²) in [6, 6.07) is 5.53. The van der Waals surface area contributed by atoms with Gasteiger partial charge in [-0.05, 0) is 42.2 Å². The predicted octanol–water partition coefficient (Wildman–Crippen LogP) is 4.69. The van der Waals surface area contributed by atoms with E-state index >= 15 is 0 Å². The van der Waals surface area contributed by atoms with Gasteiger partial charge in [0, 0.05) is 12.2 Å². The smallest absolute Gasteiger partial charge is 0.393 e. The first kappa shape index (κ1) is 17.1. The highest BCUT2D eigenvalue weighted by Gasteiger charge is 2.41. The van der Waals surface area contributed by atoms with E-state index in [4.69, 9.17) is 0 Å². The van der Waals surface area contributed by atoms with Crippen molar-refractivity contribution in [1.82, 2.24) is 0 Å². The third-order valence-corrected chi connectivity index (χ3v) is 4.36. The number of para-hydroxylation sites is 1. The summed E-state index contributed by atoms with van der Waals surface area (Å²) in [6.45, 7) is 6.63. The van der Waals surface area contributed by atoms with Crippen molar-refractivity contribution >= 4 is 5.69 Å². The molecule has 0 amide bonds. The second-order valence-electron chi connectivity index (χ2n) is 7.61. The van der Waals surface area contributed by atoms with Crippen LogP contribution in [-0.2, 0) is 6.18 Å². The van der Waals surface area contributed by atoms with Crippen molar-refractivity contribution in [2.24, 2.45) is 10.8 Å². The number of benzene rings is 1. The highest BCUT2D eigenvalue weighted by Crippen LogP contribution is 2.46. The fourth-order valence-electron chi connectivity index (χ4n) is 3.91. The summed E-state index contributed by atoms with van der Waals surface area (Å²) >= 11 is 0. The molecule has 2 rings (SSSR count). The average molecular weight is 315 g/mol. The summed E-state index contributed by atoms with van der Waals surface area (Å²) in [4.78, 5) is 0. The third kappa shape index (κ3) is 4.15. The van der Waals surface area contributed by atoms with Gasteiger partial charge in [0.05, 0.1) is 11.7 Å². The summed E-state index contributed by atoms with van der Waals surface area (Å²) in [6.07, 6.45) is -2.54. The van der Waals surface area contributed by atoms with Gasteiger partial charge >= 0.3 is 6.18 Å². The number of nitrogens with one attached hydrogen (secondary N) is 1. The topological polar surface area (TPSA) is 32.3 Å². The minimum absolute atomic E-state index is 0.00234. The first-order chi connectivity index (χ1) is 10.0. The predicted molar refractivity (Wildman–Crippen MR) is 81.7 cm³/mol. The van der Waals surface area contributed by atoms with E-state index in [0.717, 1.165) is 18.9 Å². The van der Waals surface area contributed by atoms with E-state index < -0.39 is 17.8 Å². The Morgan fingerprint density at radius 2 is 1.82 bits per heavy atom. The van der Waals surface area contributed by atoms with E-state index in [1.54, 1.807) is 6.07 Å². The maximum atomic E-state index is 13.0. The van der Waals surface area contributed by atoms with Gasteiger partial charge in [-0.15, -0.1) is 0 Å². The summed E-state index contributed by atoms with van der Waals surface area (Å²) in [5.41, 5.74) is -0.763. The van der Waals surface area contributed by atoms with Crippen LogP contribution in [0.25, 0.3) is 0 Å². The molecule has 0 bridgehead atoms. The first-order valence-corrected chi connectivity index (χ1v) is 7.59. The summed E-state index contributed by atoms with van der Waals surface area (Å²) in [5, 5.41) is 13.0. The minimum atomic E-state index is -4.37. The molecule has 2 unspecified atom stereocenters. The van der Waals surface area contributed by atoms with Crippen LogP contribution in [0.15, 0.2) is 24.3 Å². The molecule has 0 aromatic heterocycles. The van der Waals surface area contributed by atoms with E-state index in [-0.39, 0.29) is 16.5 Å². The summed E-state index contributed by atoms with van der Waals surface area (Å²) in [7, 11) is 0. The molecule has 1 fully saturated rings. The molecule has 1 aliphatic rings. The lowest BCUT2D eigenvalue weighted by atomic mass is 9.63. The lowest BCUT2D eigenvalue weighted by Gasteiger charge is -2.45. The van der Waals surface area contributed by atoms with Crippen LogP contribution in [0.4, 0.5) is 18.9 Å². The van der Waals surface area contributed by atoms with E-state index in [1.165, 1.54) is 12.1 Å². The van der Waals surface area contributed by atoms with Crippen LogP contribution in [0.1, 0.15) is 45.6 Å². The zero-order valence-electron chi connectivity index (χ0n) is 13.3. The van der Waals surface area contributed by atoms with Crippen LogP contribution < -0.4 is 5.32 Å². The Labute approximate surface area is 129 Å². The van der Waals surface area contributed by atoms with Gasteiger partial charge in [0.25, 0.3) is 0 Å². The molecule has 0 heterocycles. The largest absolute Gasteiger partial charge is 0.418 e. The van der Waals surface area contributed by atoms with Gasteiger partial charge in [-0.2, -0.15) is 13.2 Å². The maximum absolute atomic E-state index is 13.0. The molecule has 0 saturated heterocycles. The lowest BCUT2D eigenvalue weighted by Crippen LogP contribution is -2.42. The molecule has 124 valence electrons. The first-order valence-electron chi connectivity index (χ1n) is 7.59. The zero-order valence-corrected chi connectivity index (χ0v) is 13.3. The second-order valence-corrected chi connectivity index (χ2v) is 7.61. The lowest BCUT2D eigenvalue weighted by molar-refractivity contribution is -0.137. The molecule has 1 aromatic rings. The van der Waals surface area contributed by atoms with Crippen molar-refractivity contribution in [1.29, 1.82) is 0 Å². The molecule has 5 heteroatoms. The Balaban J connectivity index is 2.13. The van der Waals surface area contributed by atoms with Gasteiger partial charge < -0.3 is 10.4 Å². The van der Waals surface area contributed by atoms with Gasteiger partial charge in [0.15, 0.2) is 0 Å². The van der Waals surface area contributed by atoms with E-state index in [1.807, 2.05) is 6.92 Å². The molecule has 2 atom stereocenters. The molecular formula is C17H24F3NO. The normalized spacial score (nSPS) is 28.4. The molecule has 2 N–H and O–H groups in total. The van der Waals surface area contributed by atoms with E-state index in [9.17, 15) is 18.3 Å². The zero-order chi connectivity index (χ0) is 16.6. The van der Waals surface area contributed by atoms with Crippen LogP contribution in [0.5, 0.6) is 0 Å². The van der Waals surface area contributed by atoms with Crippen LogP contribution in [0, 0.1) is 10.8 Å². The minimum Gasteiger partial charge on any atom is -0.393 e. The average Bonchev–Trinajstić information content (AvgIpc) is 2.32. The number of halogens is 3. The van der Waals surface area contributed by atoms with Crippen LogP contribution in [-0.4, -0.2) is 17.8 Å². The number of hydrogen-bond acceptors (Lipinski definition) is 2. The number of aliphatic hydroxyl groups excluding tert-OH is 1. The number of aliphatic hydroxyl groups is 1.